The second-order valence-electron chi connectivity index (χ2n) is 12.3. The van der Waals surface area contributed by atoms with Crippen LogP contribution >= 0.6 is 0 Å². The number of benzene rings is 2. The van der Waals surface area contributed by atoms with Crippen LogP contribution in [0.5, 0.6) is 11.5 Å². The van der Waals surface area contributed by atoms with Crippen LogP contribution in [0.25, 0.3) is 5.57 Å². The highest BCUT2D eigenvalue weighted by Crippen LogP contribution is 2.46. The first-order chi connectivity index (χ1) is 19.3. The molecule has 0 saturated heterocycles. The van der Waals surface area contributed by atoms with Crippen LogP contribution in [0.3, 0.4) is 0 Å². The molecule has 5 nitrogen and oxygen atoms in total. The fourth-order valence-corrected chi connectivity index (χ4v) is 6.34. The van der Waals surface area contributed by atoms with Crippen molar-refractivity contribution in [1.29, 1.82) is 0 Å². The summed E-state index contributed by atoms with van der Waals surface area (Å²) in [5.41, 5.74) is 10.3. The zero-order valence-electron chi connectivity index (χ0n) is 25.4. The Bertz CT molecular complexity index is 1610. The first kappa shape index (κ1) is 28.6. The van der Waals surface area contributed by atoms with Crippen molar-refractivity contribution < 1.29 is 14.3 Å². The maximum atomic E-state index is 12.7. The van der Waals surface area contributed by atoms with E-state index in [0.29, 0.717) is 17.9 Å². The average molecular weight is 549 g/mol. The van der Waals surface area contributed by atoms with Gasteiger partial charge in [0.2, 0.25) is 0 Å². The maximum absolute atomic E-state index is 12.7. The summed E-state index contributed by atoms with van der Waals surface area (Å²) in [4.78, 5) is 16.9. The van der Waals surface area contributed by atoms with E-state index in [1.54, 1.807) is 18.3 Å². The molecule has 1 unspecified atom stereocenters. The van der Waals surface area contributed by atoms with E-state index in [-0.39, 0.29) is 11.1 Å². The van der Waals surface area contributed by atoms with Gasteiger partial charge in [-0.25, -0.2) is 4.79 Å². The molecule has 2 aromatic carbocycles. The highest BCUT2D eigenvalue weighted by Gasteiger charge is 2.42. The molecule has 0 fully saturated rings. The van der Waals surface area contributed by atoms with Gasteiger partial charge in [-0.05, 0) is 131 Å². The lowest BCUT2D eigenvalue weighted by Gasteiger charge is -2.48. The SMILES string of the molecule is CC1=CC(C)(C)NC2(C)CC=C(c3ccc(OC(=O)c4ccc(C)nc4)cc3C)C(COc3cc(C)ccc3C)=C12. The molecule has 2 aliphatic rings. The van der Waals surface area contributed by atoms with Crippen LogP contribution in [0.15, 0.2) is 83.6 Å². The Balaban J connectivity index is 1.51. The smallest absolute Gasteiger partial charge is 0.345 e. The highest BCUT2D eigenvalue weighted by atomic mass is 16.5. The molecular weight excluding hydrogens is 508 g/mol. The molecule has 0 bridgehead atoms. The van der Waals surface area contributed by atoms with Crippen molar-refractivity contribution in [2.45, 2.75) is 72.9 Å². The molecule has 0 amide bonds. The normalized spacial score (nSPS) is 19.7. The van der Waals surface area contributed by atoms with E-state index < -0.39 is 5.97 Å². The number of rotatable bonds is 6. The van der Waals surface area contributed by atoms with E-state index in [4.69, 9.17) is 9.47 Å². The maximum Gasteiger partial charge on any atom is 0.345 e. The first-order valence-electron chi connectivity index (χ1n) is 14.2. The standard InChI is InChI=1S/C36H40N2O3/c1-22-9-10-23(2)32(17-22)40-21-31-30(15-16-36(8)33(31)25(4)19-35(6,7)38-36)29-14-13-28(18-24(29)3)41-34(39)27-12-11-26(5)37-20-27/h9-15,17-20,38H,16,21H2,1-8H3. The summed E-state index contributed by atoms with van der Waals surface area (Å²) >= 11 is 0. The average Bonchev–Trinajstić information content (AvgIpc) is 2.88. The van der Waals surface area contributed by atoms with Gasteiger partial charge in [0.15, 0.2) is 0 Å². The minimum atomic E-state index is -0.418. The minimum Gasteiger partial charge on any atom is -0.489 e. The lowest BCUT2D eigenvalue weighted by molar-refractivity contribution is 0.0734. The Morgan fingerprint density at radius 1 is 0.951 bits per heavy atom. The van der Waals surface area contributed by atoms with Crippen molar-refractivity contribution in [3.05, 3.63) is 117 Å². The van der Waals surface area contributed by atoms with Crippen molar-refractivity contribution in [3.8, 4) is 11.5 Å². The number of nitrogens with zero attached hydrogens (tertiary/aromatic N) is 1. The molecule has 0 saturated carbocycles. The molecule has 2 heterocycles. The summed E-state index contributed by atoms with van der Waals surface area (Å²) < 4.78 is 12.3. The Morgan fingerprint density at radius 2 is 1.73 bits per heavy atom. The molecule has 212 valence electrons. The number of ether oxygens (including phenoxy) is 2. The lowest BCUT2D eigenvalue weighted by atomic mass is 9.69. The van der Waals surface area contributed by atoms with Gasteiger partial charge < -0.3 is 9.47 Å². The van der Waals surface area contributed by atoms with Crippen molar-refractivity contribution in [1.82, 2.24) is 10.3 Å². The molecule has 5 heteroatoms. The second-order valence-corrected chi connectivity index (χ2v) is 12.3. The van der Waals surface area contributed by atoms with Crippen LogP contribution < -0.4 is 14.8 Å². The van der Waals surface area contributed by atoms with E-state index in [1.165, 1.54) is 22.3 Å². The van der Waals surface area contributed by atoms with Gasteiger partial charge in [0.25, 0.3) is 0 Å². The Kier molecular flexibility index (Phi) is 7.52. The van der Waals surface area contributed by atoms with Gasteiger partial charge in [-0.2, -0.15) is 0 Å². The third-order valence-electron chi connectivity index (χ3n) is 8.02. The molecule has 1 aliphatic carbocycles. The zero-order chi connectivity index (χ0) is 29.5. The number of carbonyl (C=O) groups is 1. The van der Waals surface area contributed by atoms with Crippen LogP contribution in [0.1, 0.15) is 72.4 Å². The minimum absolute atomic E-state index is 0.110. The molecule has 0 radical (unpaired) electrons. The number of hydrogen-bond donors (Lipinski definition) is 1. The Labute approximate surface area is 244 Å². The van der Waals surface area contributed by atoms with E-state index in [1.807, 2.05) is 19.1 Å². The number of nitrogens with one attached hydrogen (secondary N) is 1. The van der Waals surface area contributed by atoms with Crippen molar-refractivity contribution in [3.63, 3.8) is 0 Å². The summed E-state index contributed by atoms with van der Waals surface area (Å²) in [6, 6.07) is 15.7. The van der Waals surface area contributed by atoms with Gasteiger partial charge in [-0.1, -0.05) is 30.4 Å². The van der Waals surface area contributed by atoms with E-state index in [0.717, 1.165) is 40.1 Å². The van der Waals surface area contributed by atoms with Crippen molar-refractivity contribution >= 4 is 11.5 Å². The number of esters is 1. The van der Waals surface area contributed by atoms with Crippen molar-refractivity contribution in [2.24, 2.45) is 0 Å². The number of fused-ring (bicyclic) bond motifs is 1. The summed E-state index contributed by atoms with van der Waals surface area (Å²) in [7, 11) is 0. The fraction of sp³-hybridized carbons (Fsp3) is 0.333. The molecule has 41 heavy (non-hydrogen) atoms. The zero-order valence-corrected chi connectivity index (χ0v) is 25.4. The summed E-state index contributed by atoms with van der Waals surface area (Å²) in [5.74, 6) is 0.995. The lowest BCUT2D eigenvalue weighted by Crippen LogP contribution is -2.58. The van der Waals surface area contributed by atoms with Gasteiger partial charge in [0.05, 0.1) is 5.56 Å². The van der Waals surface area contributed by atoms with Crippen molar-refractivity contribution in [2.75, 3.05) is 6.61 Å². The van der Waals surface area contributed by atoms with E-state index >= 15 is 0 Å². The number of carbonyl (C=O) groups excluding carboxylic acids is 1. The number of pyridine rings is 1. The molecular formula is C36H40N2O3. The van der Waals surface area contributed by atoms with Crippen LogP contribution in [0.4, 0.5) is 0 Å². The second kappa shape index (κ2) is 10.8. The van der Waals surface area contributed by atoms with E-state index in [2.05, 4.69) is 95.2 Å². The largest absolute Gasteiger partial charge is 0.489 e. The highest BCUT2D eigenvalue weighted by molar-refractivity contribution is 5.91. The number of aryl methyl sites for hydroxylation is 4. The number of aromatic nitrogens is 1. The third kappa shape index (κ3) is 5.91. The Hall–Kier alpha value is -3.96. The summed E-state index contributed by atoms with van der Waals surface area (Å²) in [5, 5.41) is 3.89. The van der Waals surface area contributed by atoms with Gasteiger partial charge in [-0.3, -0.25) is 10.3 Å². The Morgan fingerprint density at radius 3 is 2.44 bits per heavy atom. The summed E-state index contributed by atoms with van der Waals surface area (Å²) in [6.07, 6.45) is 7.06. The van der Waals surface area contributed by atoms with Gasteiger partial charge in [0.1, 0.15) is 18.1 Å². The molecule has 5 rings (SSSR count). The molecule has 1 N–H and O–H groups in total. The number of hydrogen-bond acceptors (Lipinski definition) is 5. The molecule has 1 atom stereocenters. The fourth-order valence-electron chi connectivity index (χ4n) is 6.34. The predicted octanol–water partition coefficient (Wildman–Crippen LogP) is 7.78. The third-order valence-corrected chi connectivity index (χ3v) is 8.02. The molecule has 1 aromatic heterocycles. The topological polar surface area (TPSA) is 60.5 Å². The first-order valence-corrected chi connectivity index (χ1v) is 14.2. The predicted molar refractivity (Wildman–Crippen MR) is 166 cm³/mol. The van der Waals surface area contributed by atoms with Crippen LogP contribution in [-0.2, 0) is 0 Å². The molecule has 1 aliphatic heterocycles. The van der Waals surface area contributed by atoms with E-state index in [9.17, 15) is 4.79 Å². The monoisotopic (exact) mass is 548 g/mol. The molecule has 0 spiro atoms. The molecule has 3 aromatic rings. The van der Waals surface area contributed by atoms with Gasteiger partial charge in [-0.15, -0.1) is 0 Å². The van der Waals surface area contributed by atoms with Crippen LogP contribution in [-0.4, -0.2) is 28.6 Å². The van der Waals surface area contributed by atoms with Crippen LogP contribution in [0.2, 0.25) is 0 Å². The van der Waals surface area contributed by atoms with Crippen LogP contribution in [0, 0.1) is 27.7 Å². The van der Waals surface area contributed by atoms with Gasteiger partial charge >= 0.3 is 5.97 Å². The summed E-state index contributed by atoms with van der Waals surface area (Å²) in [6.45, 7) is 17.5. The van der Waals surface area contributed by atoms with Gasteiger partial charge in [0, 0.05) is 28.5 Å². The quantitative estimate of drug-likeness (QED) is 0.252.